The highest BCUT2D eigenvalue weighted by Crippen LogP contribution is 2.28. The molecule has 3 aromatic rings. The van der Waals surface area contributed by atoms with Crippen LogP contribution in [0.1, 0.15) is 6.92 Å². The summed E-state index contributed by atoms with van der Waals surface area (Å²) in [5.41, 5.74) is 1.85. The molecule has 0 aliphatic rings. The molecule has 3 rings (SSSR count). The van der Waals surface area contributed by atoms with Crippen LogP contribution in [-0.2, 0) is 6.54 Å². The normalized spacial score (nSPS) is 10.7. The number of aromatic nitrogens is 4. The first-order valence-corrected chi connectivity index (χ1v) is 6.76. The molecule has 0 aliphatic heterocycles. The molecule has 7 heteroatoms. The number of rotatable bonds is 4. The highest BCUT2D eigenvalue weighted by molar-refractivity contribution is 5.77. The lowest BCUT2D eigenvalue weighted by Gasteiger charge is -2.10. The number of benzene rings is 2. The van der Waals surface area contributed by atoms with Gasteiger partial charge in [0.2, 0.25) is 5.82 Å². The summed E-state index contributed by atoms with van der Waals surface area (Å²) < 4.78 is 26.3. The Kier molecular flexibility index (Phi) is 3.78. The third-order valence-electron chi connectivity index (χ3n) is 3.10. The van der Waals surface area contributed by atoms with Crippen LogP contribution in [0.15, 0.2) is 42.5 Å². The van der Waals surface area contributed by atoms with E-state index in [1.165, 1.54) is 10.9 Å². The molecular formula is C15H13F2N5. The molecule has 1 aromatic heterocycles. The van der Waals surface area contributed by atoms with E-state index in [0.717, 1.165) is 17.7 Å². The third-order valence-corrected chi connectivity index (χ3v) is 3.10. The maximum atomic E-state index is 13.3. The molecule has 0 saturated heterocycles. The molecule has 0 spiro atoms. The molecule has 0 radical (unpaired) electrons. The van der Waals surface area contributed by atoms with Crippen LogP contribution in [0.4, 0.5) is 20.2 Å². The van der Waals surface area contributed by atoms with Gasteiger partial charge in [0, 0.05) is 23.0 Å². The van der Waals surface area contributed by atoms with Gasteiger partial charge in [-0.1, -0.05) is 12.1 Å². The van der Waals surface area contributed by atoms with Crippen LogP contribution in [-0.4, -0.2) is 20.2 Å². The zero-order valence-electron chi connectivity index (χ0n) is 11.8. The minimum Gasteiger partial charge on any atom is -0.355 e. The highest BCUT2D eigenvalue weighted by atomic mass is 19.2. The Balaban J connectivity index is 1.95. The first-order chi connectivity index (χ1) is 10.7. The topological polar surface area (TPSA) is 55.6 Å². The summed E-state index contributed by atoms with van der Waals surface area (Å²) in [6.07, 6.45) is 0. The van der Waals surface area contributed by atoms with Gasteiger partial charge in [-0.2, -0.15) is 4.80 Å². The number of halogens is 2. The molecule has 0 amide bonds. The van der Waals surface area contributed by atoms with Crippen molar-refractivity contribution in [1.82, 2.24) is 20.2 Å². The fourth-order valence-corrected chi connectivity index (χ4v) is 2.00. The highest BCUT2D eigenvalue weighted by Gasteiger charge is 2.11. The molecule has 2 aromatic carbocycles. The van der Waals surface area contributed by atoms with Gasteiger partial charge in [-0.25, -0.2) is 8.78 Å². The number of para-hydroxylation sites is 1. The summed E-state index contributed by atoms with van der Waals surface area (Å²) in [6, 6.07) is 11.0. The van der Waals surface area contributed by atoms with Gasteiger partial charge in [-0.15, -0.1) is 10.2 Å². The SMILES string of the molecule is CCn1nnc(-c2ccccc2Nc2ccc(F)c(F)c2)n1. The summed E-state index contributed by atoms with van der Waals surface area (Å²) in [6.45, 7) is 2.53. The average Bonchev–Trinajstić information content (AvgIpc) is 3.00. The second-order valence-corrected chi connectivity index (χ2v) is 4.60. The molecule has 1 N–H and O–H groups in total. The molecule has 5 nitrogen and oxygen atoms in total. The lowest BCUT2D eigenvalue weighted by molar-refractivity contribution is 0.509. The van der Waals surface area contributed by atoms with Crippen molar-refractivity contribution in [3.05, 3.63) is 54.1 Å². The van der Waals surface area contributed by atoms with E-state index in [4.69, 9.17) is 0 Å². The molecule has 1 heterocycles. The zero-order valence-corrected chi connectivity index (χ0v) is 11.8. The van der Waals surface area contributed by atoms with Gasteiger partial charge in [-0.3, -0.25) is 0 Å². The molecule has 0 aliphatic carbocycles. The fourth-order valence-electron chi connectivity index (χ4n) is 2.00. The number of nitrogens with one attached hydrogen (secondary N) is 1. The third kappa shape index (κ3) is 2.78. The Hall–Kier alpha value is -2.83. The Bertz CT molecular complexity index is 800. The molecule has 0 unspecified atom stereocenters. The molecule has 112 valence electrons. The predicted molar refractivity (Wildman–Crippen MR) is 78.6 cm³/mol. The number of hydrogen-bond acceptors (Lipinski definition) is 4. The molecular weight excluding hydrogens is 288 g/mol. The maximum absolute atomic E-state index is 13.3. The molecule has 0 saturated carbocycles. The summed E-state index contributed by atoms with van der Waals surface area (Å²) in [5, 5.41) is 15.2. The summed E-state index contributed by atoms with van der Waals surface area (Å²) in [4.78, 5) is 1.48. The Labute approximate surface area is 125 Å². The number of hydrogen-bond donors (Lipinski definition) is 1. The maximum Gasteiger partial charge on any atom is 0.207 e. The molecule has 22 heavy (non-hydrogen) atoms. The van der Waals surface area contributed by atoms with Crippen molar-refractivity contribution in [3.8, 4) is 11.4 Å². The van der Waals surface area contributed by atoms with Crippen molar-refractivity contribution >= 4 is 11.4 Å². The van der Waals surface area contributed by atoms with E-state index in [1.807, 2.05) is 31.2 Å². The van der Waals surface area contributed by atoms with E-state index < -0.39 is 11.6 Å². The van der Waals surface area contributed by atoms with Crippen molar-refractivity contribution in [1.29, 1.82) is 0 Å². The van der Waals surface area contributed by atoms with E-state index in [2.05, 4.69) is 20.7 Å². The lowest BCUT2D eigenvalue weighted by Crippen LogP contribution is -1.99. The van der Waals surface area contributed by atoms with Crippen LogP contribution in [0.3, 0.4) is 0 Å². The number of nitrogens with zero attached hydrogens (tertiary/aromatic N) is 4. The average molecular weight is 301 g/mol. The van der Waals surface area contributed by atoms with Gasteiger partial charge in [0.25, 0.3) is 0 Å². The van der Waals surface area contributed by atoms with Gasteiger partial charge in [0.1, 0.15) is 0 Å². The van der Waals surface area contributed by atoms with E-state index in [-0.39, 0.29) is 0 Å². The second kappa shape index (κ2) is 5.88. The molecule has 0 fully saturated rings. The Morgan fingerprint density at radius 3 is 2.64 bits per heavy atom. The minimum atomic E-state index is -0.905. The van der Waals surface area contributed by atoms with Gasteiger partial charge >= 0.3 is 0 Å². The second-order valence-electron chi connectivity index (χ2n) is 4.60. The van der Waals surface area contributed by atoms with E-state index in [0.29, 0.717) is 23.7 Å². The lowest BCUT2D eigenvalue weighted by atomic mass is 10.1. The molecule has 0 atom stereocenters. The first-order valence-electron chi connectivity index (χ1n) is 6.76. The Morgan fingerprint density at radius 1 is 1.09 bits per heavy atom. The Morgan fingerprint density at radius 2 is 1.91 bits per heavy atom. The van der Waals surface area contributed by atoms with Crippen LogP contribution < -0.4 is 5.32 Å². The van der Waals surface area contributed by atoms with Gasteiger partial charge in [0.15, 0.2) is 11.6 Å². The van der Waals surface area contributed by atoms with Crippen molar-refractivity contribution in [3.63, 3.8) is 0 Å². The first kappa shape index (κ1) is 14.1. The largest absolute Gasteiger partial charge is 0.355 e. The number of anilines is 2. The predicted octanol–water partition coefficient (Wildman–Crippen LogP) is 3.38. The van der Waals surface area contributed by atoms with Gasteiger partial charge in [-0.05, 0) is 36.4 Å². The van der Waals surface area contributed by atoms with Crippen molar-refractivity contribution in [2.24, 2.45) is 0 Å². The smallest absolute Gasteiger partial charge is 0.207 e. The van der Waals surface area contributed by atoms with E-state index >= 15 is 0 Å². The van der Waals surface area contributed by atoms with E-state index in [1.54, 1.807) is 0 Å². The van der Waals surface area contributed by atoms with E-state index in [9.17, 15) is 8.78 Å². The quantitative estimate of drug-likeness (QED) is 0.802. The fraction of sp³-hybridized carbons (Fsp3) is 0.133. The zero-order chi connectivity index (χ0) is 15.5. The van der Waals surface area contributed by atoms with Crippen LogP contribution >= 0.6 is 0 Å². The van der Waals surface area contributed by atoms with Crippen molar-refractivity contribution in [2.75, 3.05) is 5.32 Å². The van der Waals surface area contributed by atoms with Crippen LogP contribution in [0.5, 0.6) is 0 Å². The number of aryl methyl sites for hydroxylation is 1. The van der Waals surface area contributed by atoms with Gasteiger partial charge < -0.3 is 5.32 Å². The minimum absolute atomic E-state index is 0.439. The summed E-state index contributed by atoms with van der Waals surface area (Å²) in [5.74, 6) is -1.32. The van der Waals surface area contributed by atoms with Crippen molar-refractivity contribution in [2.45, 2.75) is 13.5 Å². The van der Waals surface area contributed by atoms with Crippen molar-refractivity contribution < 1.29 is 8.78 Å². The number of tetrazole rings is 1. The van der Waals surface area contributed by atoms with Gasteiger partial charge in [0.05, 0.1) is 6.54 Å². The standard InChI is InChI=1S/C15H13F2N5/c1-2-22-20-15(19-21-22)11-5-3-4-6-14(11)18-10-7-8-12(16)13(17)9-10/h3-9,18H,2H2,1H3. The van der Waals surface area contributed by atoms with Crippen LogP contribution in [0.25, 0.3) is 11.4 Å². The summed E-state index contributed by atoms with van der Waals surface area (Å²) in [7, 11) is 0. The molecule has 0 bridgehead atoms. The van der Waals surface area contributed by atoms with Crippen LogP contribution in [0.2, 0.25) is 0 Å². The monoisotopic (exact) mass is 301 g/mol. The summed E-state index contributed by atoms with van der Waals surface area (Å²) >= 11 is 0. The van der Waals surface area contributed by atoms with Crippen LogP contribution in [0, 0.1) is 11.6 Å².